The lowest BCUT2D eigenvalue weighted by molar-refractivity contribution is 0.182. The molecule has 3 heterocycles. The largest absolute Gasteiger partial charge is 0.396 e. The molecule has 1 aliphatic carbocycles. The van der Waals surface area contributed by atoms with E-state index >= 15 is 0 Å². The molecule has 1 aliphatic rings. The molecule has 4 rings (SSSR count). The molecule has 2 N–H and O–H groups in total. The lowest BCUT2D eigenvalue weighted by Crippen LogP contribution is -2.15. The number of rotatable bonds is 5. The summed E-state index contributed by atoms with van der Waals surface area (Å²) in [5, 5.41) is 13.8. The average Bonchev–Trinajstić information content (AvgIpc) is 3.19. The van der Waals surface area contributed by atoms with E-state index in [2.05, 4.69) is 15.3 Å². The van der Waals surface area contributed by atoms with Crippen molar-refractivity contribution in [3.63, 3.8) is 0 Å². The summed E-state index contributed by atoms with van der Waals surface area (Å²) >= 11 is 1.74. The summed E-state index contributed by atoms with van der Waals surface area (Å²) in [5.41, 5.74) is 2.09. The Balaban J connectivity index is 1.49. The number of nitrogens with one attached hydrogen (secondary N) is 1. The van der Waals surface area contributed by atoms with Gasteiger partial charge in [-0.2, -0.15) is 0 Å². The van der Waals surface area contributed by atoms with Crippen molar-refractivity contribution >= 4 is 23.0 Å². The van der Waals surface area contributed by atoms with Gasteiger partial charge in [0.2, 0.25) is 0 Å². The maximum absolute atomic E-state index is 9.32. The van der Waals surface area contributed by atoms with Crippen LogP contribution in [-0.2, 0) is 0 Å². The van der Waals surface area contributed by atoms with Crippen molar-refractivity contribution < 1.29 is 5.11 Å². The summed E-state index contributed by atoms with van der Waals surface area (Å²) in [6, 6.07) is 9.95. The van der Waals surface area contributed by atoms with Gasteiger partial charge in [-0.1, -0.05) is 6.07 Å². The van der Waals surface area contributed by atoms with Gasteiger partial charge in [0.25, 0.3) is 0 Å². The van der Waals surface area contributed by atoms with Crippen molar-refractivity contribution in [3.05, 3.63) is 53.3 Å². The Hall–Kier alpha value is -2.31. The zero-order valence-corrected chi connectivity index (χ0v) is 16.2. The topological polar surface area (TPSA) is 70.9 Å². The number of anilines is 2. The Morgan fingerprint density at radius 2 is 1.96 bits per heavy atom. The van der Waals surface area contributed by atoms with Gasteiger partial charge in [-0.15, -0.1) is 11.3 Å². The van der Waals surface area contributed by atoms with Crippen LogP contribution >= 0.6 is 11.3 Å². The van der Waals surface area contributed by atoms with E-state index in [-0.39, 0.29) is 0 Å². The third-order valence-corrected chi connectivity index (χ3v) is 6.33. The van der Waals surface area contributed by atoms with Crippen molar-refractivity contribution in [2.24, 2.45) is 5.92 Å². The highest BCUT2D eigenvalue weighted by atomic mass is 32.1. The zero-order chi connectivity index (χ0) is 18.6. The molecule has 0 bridgehead atoms. The number of nitrogens with zero attached hydrogens (tertiary/aromatic N) is 3. The van der Waals surface area contributed by atoms with Crippen molar-refractivity contribution in [2.75, 3.05) is 11.9 Å². The number of aryl methyl sites for hydroxylation is 1. The molecule has 0 aromatic carbocycles. The number of hydrogen-bond acceptors (Lipinski definition) is 6. The van der Waals surface area contributed by atoms with E-state index in [0.29, 0.717) is 18.4 Å². The van der Waals surface area contributed by atoms with E-state index in [9.17, 15) is 5.11 Å². The van der Waals surface area contributed by atoms with Crippen LogP contribution in [0.5, 0.6) is 0 Å². The smallest absolute Gasteiger partial charge is 0.132 e. The van der Waals surface area contributed by atoms with E-state index in [0.717, 1.165) is 53.5 Å². The summed E-state index contributed by atoms with van der Waals surface area (Å²) in [5.74, 6) is 2.57. The maximum Gasteiger partial charge on any atom is 0.132 e. The molecule has 0 spiro atoms. The lowest BCUT2D eigenvalue weighted by atomic mass is 9.83. The molecule has 1 saturated carbocycles. The van der Waals surface area contributed by atoms with E-state index < -0.39 is 0 Å². The monoisotopic (exact) mass is 380 g/mol. The molecule has 3 aromatic heterocycles. The predicted molar refractivity (Wildman–Crippen MR) is 109 cm³/mol. The van der Waals surface area contributed by atoms with Crippen LogP contribution in [0.15, 0.2) is 42.7 Å². The molecule has 5 nitrogen and oxygen atoms in total. The Kier molecular flexibility index (Phi) is 5.45. The van der Waals surface area contributed by atoms with Crippen molar-refractivity contribution in [1.29, 1.82) is 0 Å². The molecular formula is C21H24N4OS. The molecule has 3 aromatic rings. The van der Waals surface area contributed by atoms with Crippen molar-refractivity contribution in [2.45, 2.75) is 38.5 Å². The first-order valence-corrected chi connectivity index (χ1v) is 10.3. The van der Waals surface area contributed by atoms with Crippen LogP contribution in [-0.4, -0.2) is 26.7 Å². The van der Waals surface area contributed by atoms with Crippen molar-refractivity contribution in [1.82, 2.24) is 15.0 Å². The highest BCUT2D eigenvalue weighted by Crippen LogP contribution is 2.39. The van der Waals surface area contributed by atoms with Gasteiger partial charge in [-0.05, 0) is 68.4 Å². The summed E-state index contributed by atoms with van der Waals surface area (Å²) < 4.78 is 0. The van der Waals surface area contributed by atoms with Crippen LogP contribution in [0, 0.1) is 12.8 Å². The molecule has 0 unspecified atom stereocenters. The number of aliphatic hydroxyl groups is 1. The third-order valence-electron chi connectivity index (χ3n) is 5.15. The van der Waals surface area contributed by atoms with Gasteiger partial charge in [0, 0.05) is 24.9 Å². The molecule has 0 saturated heterocycles. The van der Waals surface area contributed by atoms with Crippen molar-refractivity contribution in [3.8, 4) is 10.6 Å². The first kappa shape index (κ1) is 18.1. The van der Waals surface area contributed by atoms with Crippen LogP contribution in [0.25, 0.3) is 10.6 Å². The highest BCUT2D eigenvalue weighted by Gasteiger charge is 2.24. The Bertz CT molecular complexity index is 902. The summed E-state index contributed by atoms with van der Waals surface area (Å²) in [6.45, 7) is 2.36. The third kappa shape index (κ3) is 4.34. The molecule has 1 fully saturated rings. The van der Waals surface area contributed by atoms with Gasteiger partial charge in [-0.3, -0.25) is 0 Å². The standard InChI is InChI=1S/C21H24N4OS/c1-14-9-10-22-20(11-14)25-19-4-2-3-17(24-19)18-12-23-21(27-18)16-7-5-15(13-26)6-8-16/h2-4,9-12,15-16,26H,5-8,13H2,1H3,(H,22,24,25)/t15-,16-. The predicted octanol–water partition coefficient (Wildman–Crippen LogP) is 4.92. The molecule has 6 heteroatoms. The normalized spacial score (nSPS) is 19.8. The molecule has 0 radical (unpaired) electrons. The van der Waals surface area contributed by atoms with Gasteiger partial charge in [0.1, 0.15) is 11.6 Å². The van der Waals surface area contributed by atoms with Gasteiger partial charge in [0.15, 0.2) is 0 Å². The number of pyridine rings is 2. The van der Waals surface area contributed by atoms with Gasteiger partial charge < -0.3 is 10.4 Å². The number of hydrogen-bond donors (Lipinski definition) is 2. The Labute approximate surface area is 163 Å². The van der Waals surface area contributed by atoms with Crippen LogP contribution in [0.1, 0.15) is 42.2 Å². The highest BCUT2D eigenvalue weighted by molar-refractivity contribution is 7.15. The zero-order valence-electron chi connectivity index (χ0n) is 15.4. The molecular weight excluding hydrogens is 356 g/mol. The lowest BCUT2D eigenvalue weighted by Gasteiger charge is -2.25. The second kappa shape index (κ2) is 8.15. The maximum atomic E-state index is 9.32. The molecule has 140 valence electrons. The molecule has 0 aliphatic heterocycles. The fraction of sp³-hybridized carbons (Fsp3) is 0.381. The van der Waals surface area contributed by atoms with Gasteiger partial charge in [0.05, 0.1) is 15.6 Å². The fourth-order valence-electron chi connectivity index (χ4n) is 3.56. The second-order valence-corrected chi connectivity index (χ2v) is 8.28. The summed E-state index contributed by atoms with van der Waals surface area (Å²) in [7, 11) is 0. The second-order valence-electron chi connectivity index (χ2n) is 7.21. The SMILES string of the molecule is Cc1ccnc(Nc2cccc(-c3cnc([C@H]4CC[C@H](CO)CC4)s3)n2)c1. The number of thiazole rings is 1. The fourth-order valence-corrected chi connectivity index (χ4v) is 4.62. The summed E-state index contributed by atoms with van der Waals surface area (Å²) in [6.07, 6.45) is 8.16. The summed E-state index contributed by atoms with van der Waals surface area (Å²) in [4.78, 5) is 14.8. The minimum atomic E-state index is 0.315. The first-order chi connectivity index (χ1) is 13.2. The van der Waals surface area contributed by atoms with E-state index in [1.807, 2.05) is 43.5 Å². The van der Waals surface area contributed by atoms with Crippen LogP contribution in [0.3, 0.4) is 0 Å². The van der Waals surface area contributed by atoms with Gasteiger partial charge in [-0.25, -0.2) is 15.0 Å². The van der Waals surface area contributed by atoms with Gasteiger partial charge >= 0.3 is 0 Å². The first-order valence-electron chi connectivity index (χ1n) is 9.45. The Morgan fingerprint density at radius 1 is 1.11 bits per heavy atom. The minimum absolute atomic E-state index is 0.315. The average molecular weight is 381 g/mol. The molecule has 0 atom stereocenters. The molecule has 0 amide bonds. The number of aromatic nitrogens is 3. The van der Waals surface area contributed by atoms with E-state index in [1.165, 1.54) is 5.01 Å². The number of aliphatic hydroxyl groups excluding tert-OH is 1. The van der Waals surface area contributed by atoms with Crippen LogP contribution < -0.4 is 5.32 Å². The van der Waals surface area contributed by atoms with Crippen LogP contribution in [0.4, 0.5) is 11.6 Å². The van der Waals surface area contributed by atoms with E-state index in [4.69, 9.17) is 4.98 Å². The quantitative estimate of drug-likeness (QED) is 0.657. The van der Waals surface area contributed by atoms with E-state index in [1.54, 1.807) is 17.5 Å². The Morgan fingerprint density at radius 3 is 2.74 bits per heavy atom. The van der Waals surface area contributed by atoms with Crippen LogP contribution in [0.2, 0.25) is 0 Å². The minimum Gasteiger partial charge on any atom is -0.396 e. The molecule has 27 heavy (non-hydrogen) atoms.